The van der Waals surface area contributed by atoms with Crippen molar-refractivity contribution in [1.82, 2.24) is 0 Å². The first-order chi connectivity index (χ1) is 9.56. The van der Waals surface area contributed by atoms with Crippen molar-refractivity contribution in [2.45, 2.75) is 13.0 Å². The van der Waals surface area contributed by atoms with E-state index in [0.29, 0.717) is 10.7 Å². The van der Waals surface area contributed by atoms with Gasteiger partial charge in [0.1, 0.15) is 0 Å². The highest BCUT2D eigenvalue weighted by Crippen LogP contribution is 2.18. The Hall–Kier alpha value is -2.07. The van der Waals surface area contributed by atoms with Gasteiger partial charge in [0.05, 0.1) is 0 Å². The number of ether oxygens (including phenoxy) is 1. The van der Waals surface area contributed by atoms with E-state index in [9.17, 15) is 9.18 Å². The summed E-state index contributed by atoms with van der Waals surface area (Å²) >= 11 is 5.76. The Labute approximate surface area is 121 Å². The molecule has 104 valence electrons. The van der Waals surface area contributed by atoms with Gasteiger partial charge in [0.2, 0.25) is 0 Å². The molecule has 1 amide bonds. The Morgan fingerprint density at radius 1 is 1.20 bits per heavy atom. The fourth-order valence-electron chi connectivity index (χ4n) is 1.56. The molecule has 0 bridgehead atoms. The highest BCUT2D eigenvalue weighted by atomic mass is 35.5. The molecular formula is C15H13ClFNO2. The second-order valence-corrected chi connectivity index (χ2v) is 4.62. The lowest BCUT2D eigenvalue weighted by Crippen LogP contribution is -2.30. The second kappa shape index (κ2) is 6.39. The molecule has 2 aromatic rings. The van der Waals surface area contributed by atoms with Crippen LogP contribution in [-0.2, 0) is 4.79 Å². The molecule has 2 aromatic carbocycles. The Balaban J connectivity index is 1.99. The molecule has 0 aliphatic carbocycles. The molecule has 0 spiro atoms. The van der Waals surface area contributed by atoms with Crippen LogP contribution in [0.15, 0.2) is 48.5 Å². The number of para-hydroxylation sites is 1. The molecule has 2 rings (SSSR count). The highest BCUT2D eigenvalue weighted by Gasteiger charge is 2.16. The lowest BCUT2D eigenvalue weighted by molar-refractivity contribution is -0.122. The van der Waals surface area contributed by atoms with E-state index < -0.39 is 11.9 Å². The number of hydrogen-bond acceptors (Lipinski definition) is 2. The van der Waals surface area contributed by atoms with Crippen LogP contribution >= 0.6 is 11.6 Å². The van der Waals surface area contributed by atoms with E-state index in [1.165, 1.54) is 12.1 Å². The first kappa shape index (κ1) is 14.3. The van der Waals surface area contributed by atoms with Gasteiger partial charge in [0, 0.05) is 10.7 Å². The fourth-order valence-corrected chi connectivity index (χ4v) is 1.69. The Bertz CT molecular complexity index is 601. The summed E-state index contributed by atoms with van der Waals surface area (Å²) in [7, 11) is 0. The summed E-state index contributed by atoms with van der Waals surface area (Å²) in [4.78, 5) is 11.9. The summed E-state index contributed by atoms with van der Waals surface area (Å²) < 4.78 is 18.7. The van der Waals surface area contributed by atoms with Crippen molar-refractivity contribution in [3.8, 4) is 5.75 Å². The van der Waals surface area contributed by atoms with Gasteiger partial charge in [0.15, 0.2) is 17.7 Å². The van der Waals surface area contributed by atoms with Gasteiger partial charge in [-0.1, -0.05) is 23.7 Å². The third kappa shape index (κ3) is 3.71. The highest BCUT2D eigenvalue weighted by molar-refractivity contribution is 6.30. The van der Waals surface area contributed by atoms with Gasteiger partial charge in [-0.2, -0.15) is 0 Å². The predicted molar refractivity (Wildman–Crippen MR) is 76.6 cm³/mol. The number of halogens is 2. The summed E-state index contributed by atoms with van der Waals surface area (Å²) in [5.41, 5.74) is 0.600. The van der Waals surface area contributed by atoms with E-state index in [0.717, 1.165) is 0 Å². The first-order valence-corrected chi connectivity index (χ1v) is 6.41. The molecule has 0 aliphatic heterocycles. The van der Waals surface area contributed by atoms with Crippen LogP contribution in [0, 0.1) is 5.82 Å². The van der Waals surface area contributed by atoms with Crippen LogP contribution in [0.4, 0.5) is 10.1 Å². The van der Waals surface area contributed by atoms with E-state index in [2.05, 4.69) is 5.32 Å². The normalized spacial score (nSPS) is 11.8. The topological polar surface area (TPSA) is 38.3 Å². The molecule has 1 unspecified atom stereocenters. The van der Waals surface area contributed by atoms with Crippen molar-refractivity contribution in [3.05, 3.63) is 59.4 Å². The molecule has 0 saturated carbocycles. The summed E-state index contributed by atoms with van der Waals surface area (Å²) in [6.45, 7) is 1.55. The fraction of sp³-hybridized carbons (Fsp3) is 0.133. The van der Waals surface area contributed by atoms with Crippen molar-refractivity contribution in [1.29, 1.82) is 0 Å². The van der Waals surface area contributed by atoms with Crippen molar-refractivity contribution < 1.29 is 13.9 Å². The zero-order chi connectivity index (χ0) is 14.5. The number of hydrogen-bond donors (Lipinski definition) is 1. The minimum Gasteiger partial charge on any atom is -0.478 e. The minimum absolute atomic E-state index is 0.0475. The number of rotatable bonds is 4. The average Bonchev–Trinajstić information content (AvgIpc) is 2.44. The predicted octanol–water partition coefficient (Wildman–Crippen LogP) is 3.89. The summed E-state index contributed by atoms with van der Waals surface area (Å²) in [6.07, 6.45) is -0.817. The number of nitrogens with one attached hydrogen (secondary N) is 1. The van der Waals surface area contributed by atoms with Crippen molar-refractivity contribution >= 4 is 23.2 Å². The van der Waals surface area contributed by atoms with Crippen LogP contribution in [0.3, 0.4) is 0 Å². The molecule has 1 atom stereocenters. The molecule has 5 heteroatoms. The number of anilines is 1. The molecule has 0 radical (unpaired) electrons. The molecule has 0 heterocycles. The quantitative estimate of drug-likeness (QED) is 0.929. The SMILES string of the molecule is CC(Oc1ccccc1F)C(=O)Nc1ccc(Cl)cc1. The van der Waals surface area contributed by atoms with Crippen molar-refractivity contribution in [3.63, 3.8) is 0 Å². The van der Waals surface area contributed by atoms with Crippen LogP contribution in [0.25, 0.3) is 0 Å². The standard InChI is InChI=1S/C15H13ClFNO2/c1-10(20-14-5-3-2-4-13(14)17)15(19)18-12-8-6-11(16)7-9-12/h2-10H,1H3,(H,18,19). The van der Waals surface area contributed by atoms with Gasteiger partial charge >= 0.3 is 0 Å². The number of benzene rings is 2. The molecule has 0 aromatic heterocycles. The molecule has 3 nitrogen and oxygen atoms in total. The summed E-state index contributed by atoms with van der Waals surface area (Å²) in [5.74, 6) is -0.819. The third-order valence-electron chi connectivity index (χ3n) is 2.62. The number of carbonyl (C=O) groups is 1. The first-order valence-electron chi connectivity index (χ1n) is 6.04. The van der Waals surface area contributed by atoms with E-state index in [-0.39, 0.29) is 11.7 Å². The molecular weight excluding hydrogens is 281 g/mol. The molecule has 0 aliphatic rings. The third-order valence-corrected chi connectivity index (χ3v) is 2.87. The average molecular weight is 294 g/mol. The van der Waals surface area contributed by atoms with Gasteiger partial charge < -0.3 is 10.1 Å². The Kier molecular flexibility index (Phi) is 4.58. The number of carbonyl (C=O) groups excluding carboxylic acids is 1. The van der Waals surface area contributed by atoms with Crippen LogP contribution in [0.2, 0.25) is 5.02 Å². The number of amides is 1. The maximum absolute atomic E-state index is 13.4. The molecule has 20 heavy (non-hydrogen) atoms. The largest absolute Gasteiger partial charge is 0.478 e. The minimum atomic E-state index is -0.817. The van der Waals surface area contributed by atoms with Crippen LogP contribution in [0.5, 0.6) is 5.75 Å². The lowest BCUT2D eigenvalue weighted by atomic mass is 10.3. The maximum Gasteiger partial charge on any atom is 0.265 e. The zero-order valence-corrected chi connectivity index (χ0v) is 11.5. The van der Waals surface area contributed by atoms with Crippen LogP contribution < -0.4 is 10.1 Å². The van der Waals surface area contributed by atoms with Crippen molar-refractivity contribution in [2.75, 3.05) is 5.32 Å². The monoisotopic (exact) mass is 293 g/mol. The van der Waals surface area contributed by atoms with E-state index in [1.54, 1.807) is 43.3 Å². The van der Waals surface area contributed by atoms with Gasteiger partial charge in [0.25, 0.3) is 5.91 Å². The molecule has 0 saturated heterocycles. The van der Waals surface area contributed by atoms with Gasteiger partial charge in [-0.15, -0.1) is 0 Å². The molecule has 1 N–H and O–H groups in total. The summed E-state index contributed by atoms with van der Waals surface area (Å²) in [6, 6.07) is 12.6. The van der Waals surface area contributed by atoms with E-state index >= 15 is 0 Å². The van der Waals surface area contributed by atoms with Gasteiger partial charge in [-0.25, -0.2) is 4.39 Å². The zero-order valence-electron chi connectivity index (χ0n) is 10.8. The molecule has 0 fully saturated rings. The Morgan fingerprint density at radius 3 is 2.50 bits per heavy atom. The lowest BCUT2D eigenvalue weighted by Gasteiger charge is -2.15. The maximum atomic E-state index is 13.4. The van der Waals surface area contributed by atoms with E-state index in [4.69, 9.17) is 16.3 Å². The van der Waals surface area contributed by atoms with Crippen molar-refractivity contribution in [2.24, 2.45) is 0 Å². The van der Waals surface area contributed by atoms with Crippen LogP contribution in [-0.4, -0.2) is 12.0 Å². The summed E-state index contributed by atoms with van der Waals surface area (Å²) in [5, 5.41) is 3.25. The Morgan fingerprint density at radius 2 is 1.85 bits per heavy atom. The smallest absolute Gasteiger partial charge is 0.265 e. The van der Waals surface area contributed by atoms with Gasteiger partial charge in [-0.05, 0) is 43.3 Å². The van der Waals surface area contributed by atoms with Gasteiger partial charge in [-0.3, -0.25) is 4.79 Å². The van der Waals surface area contributed by atoms with E-state index in [1.807, 2.05) is 0 Å². The second-order valence-electron chi connectivity index (χ2n) is 4.19. The van der Waals surface area contributed by atoms with Crippen LogP contribution in [0.1, 0.15) is 6.92 Å².